The van der Waals surface area contributed by atoms with Crippen LogP contribution in [0.2, 0.25) is 0 Å². The van der Waals surface area contributed by atoms with Crippen LogP contribution >= 0.6 is 11.3 Å². The van der Waals surface area contributed by atoms with Crippen molar-refractivity contribution in [3.8, 4) is 0 Å². The van der Waals surface area contributed by atoms with Gasteiger partial charge in [-0.05, 0) is 67.3 Å². The normalized spacial score (nSPS) is 16.4. The number of rotatable bonds is 4. The summed E-state index contributed by atoms with van der Waals surface area (Å²) >= 11 is 1.56. The summed E-state index contributed by atoms with van der Waals surface area (Å²) in [5, 5.41) is 1.96. The minimum Gasteiger partial charge on any atom is -0.207 e. The van der Waals surface area contributed by atoms with Gasteiger partial charge in [-0.3, -0.25) is 0 Å². The molecule has 0 saturated heterocycles. The smallest absolute Gasteiger partial charge is 0.207 e. The summed E-state index contributed by atoms with van der Waals surface area (Å²) < 4.78 is 27.8. The molecule has 5 heteroatoms. The summed E-state index contributed by atoms with van der Waals surface area (Å²) in [5.41, 5.74) is 2.49. The van der Waals surface area contributed by atoms with Crippen LogP contribution in [-0.2, 0) is 22.9 Å². The lowest BCUT2D eigenvalue weighted by Gasteiger charge is -2.18. The highest BCUT2D eigenvalue weighted by atomic mass is 32.2. The molecule has 0 fully saturated rings. The second-order valence-electron chi connectivity index (χ2n) is 5.50. The number of benzene rings is 1. The molecule has 112 valence electrons. The Bertz CT molecular complexity index is 721. The van der Waals surface area contributed by atoms with E-state index in [1.807, 2.05) is 36.6 Å². The zero-order chi connectivity index (χ0) is 14.9. The highest BCUT2D eigenvalue weighted by molar-refractivity contribution is 7.89. The molecule has 1 heterocycles. The number of fused-ring (bicyclic) bond motifs is 1. The van der Waals surface area contributed by atoms with E-state index >= 15 is 0 Å². The van der Waals surface area contributed by atoms with Gasteiger partial charge in [0.25, 0.3) is 0 Å². The van der Waals surface area contributed by atoms with Crippen LogP contribution in [-0.4, -0.2) is 8.42 Å². The minimum atomic E-state index is -3.46. The van der Waals surface area contributed by atoms with E-state index in [0.29, 0.717) is 4.90 Å². The molecule has 1 N–H and O–H groups in total. The first-order valence-electron chi connectivity index (χ1n) is 7.24. The second kappa shape index (κ2) is 5.91. The fourth-order valence-corrected chi connectivity index (χ4v) is 4.86. The Morgan fingerprint density at radius 1 is 1.14 bits per heavy atom. The molecule has 1 aromatic carbocycles. The van der Waals surface area contributed by atoms with E-state index in [9.17, 15) is 8.42 Å². The predicted molar refractivity (Wildman–Crippen MR) is 86.1 cm³/mol. The lowest BCUT2D eigenvalue weighted by Crippen LogP contribution is -2.26. The fraction of sp³-hybridized carbons (Fsp3) is 0.375. The first kappa shape index (κ1) is 14.8. The highest BCUT2D eigenvalue weighted by Crippen LogP contribution is 2.25. The average molecular weight is 321 g/mol. The third-order valence-electron chi connectivity index (χ3n) is 3.93. The maximum absolute atomic E-state index is 12.5. The average Bonchev–Trinajstić information content (AvgIpc) is 3.00. The highest BCUT2D eigenvalue weighted by Gasteiger charge is 2.20. The van der Waals surface area contributed by atoms with Gasteiger partial charge in [-0.15, -0.1) is 11.3 Å². The van der Waals surface area contributed by atoms with Crippen LogP contribution in [0.3, 0.4) is 0 Å². The van der Waals surface area contributed by atoms with Crippen molar-refractivity contribution < 1.29 is 8.42 Å². The van der Waals surface area contributed by atoms with Gasteiger partial charge in [0.05, 0.1) is 10.9 Å². The van der Waals surface area contributed by atoms with Gasteiger partial charge in [0.15, 0.2) is 0 Å². The van der Waals surface area contributed by atoms with Crippen LogP contribution in [0.4, 0.5) is 0 Å². The molecule has 0 saturated carbocycles. The van der Waals surface area contributed by atoms with Crippen molar-refractivity contribution in [2.75, 3.05) is 0 Å². The van der Waals surface area contributed by atoms with Gasteiger partial charge in [0.2, 0.25) is 10.0 Å². The van der Waals surface area contributed by atoms with Gasteiger partial charge in [0.1, 0.15) is 0 Å². The maximum Gasteiger partial charge on any atom is 0.241 e. The first-order chi connectivity index (χ1) is 10.1. The number of thiophene rings is 1. The zero-order valence-corrected chi connectivity index (χ0v) is 13.6. The molecule has 21 heavy (non-hydrogen) atoms. The van der Waals surface area contributed by atoms with Crippen LogP contribution < -0.4 is 4.72 Å². The number of nitrogens with one attached hydrogen (secondary N) is 1. The molecule has 0 spiro atoms. The molecular formula is C16H19NO2S2. The Labute approximate surface area is 130 Å². The molecule has 1 aromatic heterocycles. The van der Waals surface area contributed by atoms with Crippen molar-refractivity contribution in [3.05, 3.63) is 51.7 Å². The summed E-state index contributed by atoms with van der Waals surface area (Å²) in [6.45, 7) is 1.88. The van der Waals surface area contributed by atoms with Crippen molar-refractivity contribution in [2.24, 2.45) is 0 Å². The SMILES string of the molecule is CC(NS(=O)(=O)c1ccc2c(c1)CCCC2)c1cccs1. The molecule has 0 radical (unpaired) electrons. The van der Waals surface area contributed by atoms with E-state index in [-0.39, 0.29) is 6.04 Å². The van der Waals surface area contributed by atoms with E-state index in [1.54, 1.807) is 17.4 Å². The van der Waals surface area contributed by atoms with Gasteiger partial charge in [-0.1, -0.05) is 12.1 Å². The molecule has 1 unspecified atom stereocenters. The predicted octanol–water partition coefficient (Wildman–Crippen LogP) is 3.67. The fourth-order valence-electron chi connectivity index (χ4n) is 2.77. The van der Waals surface area contributed by atoms with E-state index < -0.39 is 10.0 Å². The quantitative estimate of drug-likeness (QED) is 0.934. The molecular weight excluding hydrogens is 302 g/mol. The lowest BCUT2D eigenvalue weighted by atomic mass is 9.92. The monoisotopic (exact) mass is 321 g/mol. The van der Waals surface area contributed by atoms with E-state index in [2.05, 4.69) is 4.72 Å². The van der Waals surface area contributed by atoms with Crippen LogP contribution in [0.5, 0.6) is 0 Å². The third-order valence-corrected chi connectivity index (χ3v) is 6.53. The van der Waals surface area contributed by atoms with E-state index in [4.69, 9.17) is 0 Å². The van der Waals surface area contributed by atoms with Crippen molar-refractivity contribution in [3.63, 3.8) is 0 Å². The maximum atomic E-state index is 12.5. The molecule has 1 atom stereocenters. The summed E-state index contributed by atoms with van der Waals surface area (Å²) in [6.07, 6.45) is 4.40. The Hall–Kier alpha value is -1.17. The van der Waals surface area contributed by atoms with Gasteiger partial charge in [-0.2, -0.15) is 0 Å². The van der Waals surface area contributed by atoms with Gasteiger partial charge in [-0.25, -0.2) is 13.1 Å². The molecule has 1 aliphatic rings. The number of sulfonamides is 1. The molecule has 3 nitrogen and oxygen atoms in total. The van der Waals surface area contributed by atoms with Crippen LogP contribution in [0.1, 0.15) is 41.8 Å². The second-order valence-corrected chi connectivity index (χ2v) is 8.19. The van der Waals surface area contributed by atoms with Gasteiger partial charge < -0.3 is 0 Å². The zero-order valence-electron chi connectivity index (χ0n) is 12.0. The summed E-state index contributed by atoms with van der Waals surface area (Å²) in [6, 6.07) is 9.23. The van der Waals surface area contributed by atoms with E-state index in [0.717, 1.165) is 24.1 Å². The van der Waals surface area contributed by atoms with E-state index in [1.165, 1.54) is 17.5 Å². The van der Waals surface area contributed by atoms with Gasteiger partial charge >= 0.3 is 0 Å². The largest absolute Gasteiger partial charge is 0.241 e. The van der Waals surface area contributed by atoms with Crippen molar-refractivity contribution >= 4 is 21.4 Å². The number of aryl methyl sites for hydroxylation is 2. The van der Waals surface area contributed by atoms with Crippen LogP contribution in [0.25, 0.3) is 0 Å². The lowest BCUT2D eigenvalue weighted by molar-refractivity contribution is 0.568. The van der Waals surface area contributed by atoms with Crippen LogP contribution in [0, 0.1) is 0 Å². The molecule has 3 rings (SSSR count). The Kier molecular flexibility index (Phi) is 4.15. The standard InChI is InChI=1S/C16H19NO2S2/c1-12(16-7-4-10-20-16)17-21(18,19)15-9-8-13-5-2-3-6-14(13)11-15/h4,7-12,17H,2-3,5-6H2,1H3. The first-order valence-corrected chi connectivity index (χ1v) is 9.60. The molecule has 0 aliphatic heterocycles. The topological polar surface area (TPSA) is 46.2 Å². The summed E-state index contributed by atoms with van der Waals surface area (Å²) in [5.74, 6) is 0. The Morgan fingerprint density at radius 2 is 1.90 bits per heavy atom. The third kappa shape index (κ3) is 3.20. The molecule has 0 amide bonds. The Balaban J connectivity index is 1.84. The molecule has 2 aromatic rings. The summed E-state index contributed by atoms with van der Waals surface area (Å²) in [4.78, 5) is 1.41. The minimum absolute atomic E-state index is 0.203. The van der Waals surface area contributed by atoms with Crippen molar-refractivity contribution in [1.29, 1.82) is 0 Å². The van der Waals surface area contributed by atoms with Gasteiger partial charge in [0, 0.05) is 4.88 Å². The summed E-state index contributed by atoms with van der Waals surface area (Å²) in [7, 11) is -3.46. The molecule has 0 bridgehead atoms. The molecule has 1 aliphatic carbocycles. The van der Waals surface area contributed by atoms with Crippen LogP contribution in [0.15, 0.2) is 40.6 Å². The number of hydrogen-bond donors (Lipinski definition) is 1. The Morgan fingerprint density at radius 3 is 2.62 bits per heavy atom. The van der Waals surface area contributed by atoms with Crippen molar-refractivity contribution in [2.45, 2.75) is 43.5 Å². The van der Waals surface area contributed by atoms with Crippen molar-refractivity contribution in [1.82, 2.24) is 4.72 Å². The number of hydrogen-bond acceptors (Lipinski definition) is 3.